The molecule has 2 fully saturated rings. The zero-order valence-electron chi connectivity index (χ0n) is 17.4. The first-order valence-corrected chi connectivity index (χ1v) is 10.6. The van der Waals surface area contributed by atoms with Crippen LogP contribution >= 0.6 is 11.6 Å². The first-order valence-electron chi connectivity index (χ1n) is 10.2. The first kappa shape index (κ1) is 22.8. The number of piperidine rings is 1. The quantitative estimate of drug-likeness (QED) is 0.744. The van der Waals surface area contributed by atoms with E-state index in [1.54, 1.807) is 23.1 Å². The molecule has 32 heavy (non-hydrogen) atoms. The van der Waals surface area contributed by atoms with Gasteiger partial charge in [-0.2, -0.15) is 13.2 Å². The van der Waals surface area contributed by atoms with Crippen LogP contribution in [0.3, 0.4) is 0 Å². The summed E-state index contributed by atoms with van der Waals surface area (Å²) in [5, 5.41) is 11.4. The van der Waals surface area contributed by atoms with Crippen molar-refractivity contribution in [2.24, 2.45) is 0 Å². The molecule has 1 N–H and O–H groups in total. The van der Waals surface area contributed by atoms with Crippen LogP contribution in [-0.2, 0) is 11.8 Å². The molecule has 0 unspecified atom stereocenters. The van der Waals surface area contributed by atoms with E-state index in [1.165, 1.54) is 13.2 Å². The molecule has 1 aromatic carbocycles. The summed E-state index contributed by atoms with van der Waals surface area (Å²) in [7, 11) is 1.49. The number of carbonyl (C=O) groups excluding carboxylic acids is 1. The highest BCUT2D eigenvalue weighted by molar-refractivity contribution is 6.35. The second kappa shape index (κ2) is 8.53. The van der Waals surface area contributed by atoms with Gasteiger partial charge in [0.05, 0.1) is 17.7 Å². The average molecular weight is 470 g/mol. The molecule has 0 aliphatic carbocycles. The minimum absolute atomic E-state index is 0.0414. The topological polar surface area (TPSA) is 65.9 Å². The van der Waals surface area contributed by atoms with Crippen molar-refractivity contribution in [1.82, 2.24) is 14.8 Å². The van der Waals surface area contributed by atoms with Crippen molar-refractivity contribution < 1.29 is 27.8 Å². The lowest BCUT2D eigenvalue weighted by atomic mass is 9.82. The molecule has 4 rings (SSSR count). The van der Waals surface area contributed by atoms with Gasteiger partial charge >= 0.3 is 6.18 Å². The number of piperazine rings is 1. The zero-order chi connectivity index (χ0) is 23.1. The van der Waals surface area contributed by atoms with Gasteiger partial charge in [0.15, 0.2) is 0 Å². The fourth-order valence-electron chi connectivity index (χ4n) is 4.46. The lowest BCUT2D eigenvalue weighted by Crippen LogP contribution is -2.60. The molecular weight excluding hydrogens is 447 g/mol. The minimum atomic E-state index is -4.52. The first-order chi connectivity index (χ1) is 15.1. The minimum Gasteiger partial charge on any atom is -0.495 e. The summed E-state index contributed by atoms with van der Waals surface area (Å²) in [5.41, 5.74) is -1.52. The van der Waals surface area contributed by atoms with Crippen LogP contribution in [0, 0.1) is 0 Å². The van der Waals surface area contributed by atoms with Gasteiger partial charge in [0.25, 0.3) is 5.91 Å². The van der Waals surface area contributed by atoms with Crippen LogP contribution in [-0.4, -0.2) is 65.1 Å². The summed E-state index contributed by atoms with van der Waals surface area (Å²) in [5.74, 6) is 0.255. The lowest BCUT2D eigenvalue weighted by Gasteiger charge is -2.49. The Labute approximate surface area is 188 Å². The summed E-state index contributed by atoms with van der Waals surface area (Å²) >= 11 is 6.31. The molecule has 3 heterocycles. The fraction of sp³-hybridized carbons (Fsp3) is 0.455. The Morgan fingerprint density at radius 3 is 2.72 bits per heavy atom. The number of halogens is 4. The number of hydrogen-bond acceptors (Lipinski definition) is 5. The molecule has 10 heteroatoms. The Bertz CT molecular complexity index is 1000. The van der Waals surface area contributed by atoms with Crippen molar-refractivity contribution in [2.45, 2.75) is 30.7 Å². The summed E-state index contributed by atoms with van der Waals surface area (Å²) in [6, 6.07) is 7.30. The van der Waals surface area contributed by atoms with Crippen LogP contribution in [0.1, 0.15) is 34.5 Å². The molecule has 2 aromatic rings. The number of fused-ring (bicyclic) bond motifs is 1. The highest BCUT2D eigenvalue weighted by atomic mass is 35.5. The van der Waals surface area contributed by atoms with Crippen molar-refractivity contribution in [3.05, 3.63) is 58.4 Å². The summed E-state index contributed by atoms with van der Waals surface area (Å²) in [4.78, 5) is 20.4. The van der Waals surface area contributed by atoms with E-state index in [1.807, 2.05) is 0 Å². The maximum atomic E-state index is 13.0. The highest BCUT2D eigenvalue weighted by Gasteiger charge is 2.43. The standard InChI is InChI=1S/C22H23ClF3N3O3/c1-32-17-4-2-3-16(19(17)23)20(30)28-9-10-29-13-21(31,8-7-15(29)12-28)14-5-6-18(27-11-14)22(24,25)26/h2-6,11,15,31H,7-10,12-13H2,1H3/t15-,21+/m1/s1. The molecule has 172 valence electrons. The predicted molar refractivity (Wildman–Crippen MR) is 112 cm³/mol. The Kier molecular flexibility index (Phi) is 6.08. The van der Waals surface area contributed by atoms with Gasteiger partial charge in [-0.25, -0.2) is 0 Å². The van der Waals surface area contributed by atoms with E-state index in [4.69, 9.17) is 16.3 Å². The van der Waals surface area contributed by atoms with E-state index in [2.05, 4.69) is 9.88 Å². The Morgan fingerprint density at radius 2 is 2.06 bits per heavy atom. The molecule has 0 bridgehead atoms. The van der Waals surface area contributed by atoms with Gasteiger partial charge < -0.3 is 14.7 Å². The Morgan fingerprint density at radius 1 is 1.28 bits per heavy atom. The number of pyridine rings is 1. The number of amides is 1. The van der Waals surface area contributed by atoms with Crippen LogP contribution in [0.15, 0.2) is 36.5 Å². The second-order valence-electron chi connectivity index (χ2n) is 8.20. The smallest absolute Gasteiger partial charge is 0.433 e. The normalized spacial score (nSPS) is 24.2. The van der Waals surface area contributed by atoms with Gasteiger partial charge in [0.1, 0.15) is 17.0 Å². The summed E-state index contributed by atoms with van der Waals surface area (Å²) in [6.07, 6.45) is -2.46. The molecule has 2 aliphatic heterocycles. The van der Waals surface area contributed by atoms with Gasteiger partial charge in [0.2, 0.25) is 0 Å². The van der Waals surface area contributed by atoms with Crippen LogP contribution in [0.4, 0.5) is 13.2 Å². The third-order valence-corrected chi connectivity index (χ3v) is 6.64. The molecule has 2 aliphatic rings. The summed E-state index contributed by atoms with van der Waals surface area (Å²) in [6.45, 7) is 1.74. The number of rotatable bonds is 3. The number of benzene rings is 1. The third-order valence-electron chi connectivity index (χ3n) is 6.25. The predicted octanol–water partition coefficient (Wildman–Crippen LogP) is 3.57. The largest absolute Gasteiger partial charge is 0.495 e. The van der Waals surface area contributed by atoms with E-state index in [9.17, 15) is 23.1 Å². The number of hydrogen-bond donors (Lipinski definition) is 1. The number of aliphatic hydroxyl groups is 1. The monoisotopic (exact) mass is 469 g/mol. The third kappa shape index (κ3) is 4.29. The van der Waals surface area contributed by atoms with Crippen molar-refractivity contribution in [3.63, 3.8) is 0 Å². The number of ether oxygens (including phenoxy) is 1. The van der Waals surface area contributed by atoms with Crippen LogP contribution < -0.4 is 4.74 Å². The number of nitrogens with zero attached hydrogens (tertiary/aromatic N) is 3. The number of alkyl halides is 3. The number of methoxy groups -OCH3 is 1. The zero-order valence-corrected chi connectivity index (χ0v) is 18.2. The van der Waals surface area contributed by atoms with Gasteiger partial charge in [-0.05, 0) is 31.0 Å². The highest BCUT2D eigenvalue weighted by Crippen LogP contribution is 2.37. The van der Waals surface area contributed by atoms with Crippen LogP contribution in [0.5, 0.6) is 5.75 Å². The molecule has 1 aromatic heterocycles. The molecule has 0 radical (unpaired) electrons. The van der Waals surface area contributed by atoms with E-state index < -0.39 is 17.5 Å². The van der Waals surface area contributed by atoms with Crippen molar-refractivity contribution in [1.29, 1.82) is 0 Å². The van der Waals surface area contributed by atoms with E-state index >= 15 is 0 Å². The van der Waals surface area contributed by atoms with Crippen molar-refractivity contribution >= 4 is 17.5 Å². The van der Waals surface area contributed by atoms with Crippen LogP contribution in [0.25, 0.3) is 0 Å². The summed E-state index contributed by atoms with van der Waals surface area (Å²) < 4.78 is 43.6. The van der Waals surface area contributed by atoms with Crippen LogP contribution in [0.2, 0.25) is 5.02 Å². The molecule has 6 nitrogen and oxygen atoms in total. The maximum absolute atomic E-state index is 13.0. The van der Waals surface area contributed by atoms with E-state index in [0.29, 0.717) is 49.4 Å². The van der Waals surface area contributed by atoms with Gasteiger partial charge in [-0.15, -0.1) is 0 Å². The van der Waals surface area contributed by atoms with Gasteiger partial charge in [-0.1, -0.05) is 23.7 Å². The van der Waals surface area contributed by atoms with Crippen molar-refractivity contribution in [2.75, 3.05) is 33.3 Å². The second-order valence-corrected chi connectivity index (χ2v) is 8.58. The van der Waals surface area contributed by atoms with Crippen molar-refractivity contribution in [3.8, 4) is 5.75 Å². The van der Waals surface area contributed by atoms with E-state index in [0.717, 1.165) is 12.3 Å². The Balaban J connectivity index is 1.45. The van der Waals surface area contributed by atoms with Gasteiger partial charge in [-0.3, -0.25) is 14.7 Å². The Hall–Kier alpha value is -2.36. The molecule has 2 saturated heterocycles. The molecule has 0 spiro atoms. The SMILES string of the molecule is COc1cccc(C(=O)N2CCN3C[C@](O)(c4ccc(C(F)(F)F)nc4)CC[C@@H]3C2)c1Cl. The molecule has 1 amide bonds. The lowest BCUT2D eigenvalue weighted by molar-refractivity contribution is -0.141. The fourth-order valence-corrected chi connectivity index (χ4v) is 4.74. The average Bonchev–Trinajstić information content (AvgIpc) is 2.78. The maximum Gasteiger partial charge on any atom is 0.433 e. The molecule has 0 saturated carbocycles. The van der Waals surface area contributed by atoms with E-state index in [-0.39, 0.29) is 23.5 Å². The van der Waals surface area contributed by atoms with Gasteiger partial charge in [0, 0.05) is 44.0 Å². The molecule has 2 atom stereocenters. The molecular formula is C22H23ClF3N3O3. The number of carbonyl (C=O) groups is 1. The number of aromatic nitrogens is 1.